The maximum Gasteiger partial charge on any atom is 0.153 e. The Morgan fingerprint density at radius 2 is 2.35 bits per heavy atom. The molecule has 0 spiro atoms. The Balaban J connectivity index is 1.53. The first-order valence-electron chi connectivity index (χ1n) is 7.37. The van der Waals surface area contributed by atoms with Crippen LogP contribution in [-0.2, 0) is 19.5 Å². The summed E-state index contributed by atoms with van der Waals surface area (Å²) in [5, 5.41) is 12.4. The van der Waals surface area contributed by atoms with Gasteiger partial charge in [-0.1, -0.05) is 13.8 Å². The molecule has 0 amide bonds. The van der Waals surface area contributed by atoms with E-state index < -0.39 is 0 Å². The van der Waals surface area contributed by atoms with Gasteiger partial charge in [-0.3, -0.25) is 4.68 Å². The van der Waals surface area contributed by atoms with Crippen molar-refractivity contribution in [2.24, 2.45) is 0 Å². The van der Waals surface area contributed by atoms with Crippen LogP contribution in [0.3, 0.4) is 0 Å². The highest BCUT2D eigenvalue weighted by Gasteiger charge is 2.21. The predicted octanol–water partition coefficient (Wildman–Crippen LogP) is 1.20. The van der Waals surface area contributed by atoms with Crippen molar-refractivity contribution in [1.82, 2.24) is 29.9 Å². The second kappa shape index (κ2) is 5.75. The van der Waals surface area contributed by atoms with E-state index in [4.69, 9.17) is 0 Å². The molecule has 0 radical (unpaired) electrons. The lowest BCUT2D eigenvalue weighted by atomic mass is 10.1. The molecular formula is C14H22N6. The molecule has 6 nitrogen and oxygen atoms in total. The molecule has 6 heteroatoms. The molecule has 1 aliphatic heterocycles. The van der Waals surface area contributed by atoms with Crippen molar-refractivity contribution in [3.63, 3.8) is 0 Å². The van der Waals surface area contributed by atoms with Crippen LogP contribution in [-0.4, -0.2) is 37.1 Å². The normalized spacial score (nSPS) is 18.4. The molecule has 20 heavy (non-hydrogen) atoms. The highest BCUT2D eigenvalue weighted by atomic mass is 15.4. The van der Waals surface area contributed by atoms with Gasteiger partial charge in [0.05, 0.1) is 13.1 Å². The summed E-state index contributed by atoms with van der Waals surface area (Å²) < 4.78 is 4.03. The number of fused-ring (bicyclic) bond motifs is 1. The van der Waals surface area contributed by atoms with E-state index in [-0.39, 0.29) is 0 Å². The van der Waals surface area contributed by atoms with Gasteiger partial charge in [-0.25, -0.2) is 9.67 Å². The maximum absolute atomic E-state index is 4.62. The largest absolute Gasteiger partial charge is 0.310 e. The van der Waals surface area contributed by atoms with Crippen LogP contribution in [0.5, 0.6) is 0 Å². The number of aromatic nitrogens is 5. The van der Waals surface area contributed by atoms with Gasteiger partial charge in [-0.05, 0) is 12.5 Å². The average Bonchev–Trinajstić information content (AvgIpc) is 3.06. The van der Waals surface area contributed by atoms with Crippen molar-refractivity contribution in [1.29, 1.82) is 0 Å². The number of rotatable bonds is 5. The molecule has 1 atom stereocenters. The number of hydrogen-bond donors (Lipinski definition) is 1. The number of nitrogens with zero attached hydrogens (tertiary/aromatic N) is 5. The zero-order chi connectivity index (χ0) is 13.9. The molecule has 0 unspecified atom stereocenters. The highest BCUT2D eigenvalue weighted by molar-refractivity contribution is 5.01. The SMILES string of the molecule is CC(C)c1nc2n(n1)C[C@H](NCCn1cccn1)CC2. The molecule has 1 aliphatic rings. The third-order valence-corrected chi connectivity index (χ3v) is 3.72. The van der Waals surface area contributed by atoms with Gasteiger partial charge >= 0.3 is 0 Å². The standard InChI is InChI=1S/C14H22N6/c1-11(2)14-17-13-5-4-12(10-20(13)18-14)15-7-9-19-8-3-6-16-19/h3,6,8,11-12,15H,4-5,7,9-10H2,1-2H3/t12-/m1/s1. The van der Waals surface area contributed by atoms with Crippen LogP contribution in [0.4, 0.5) is 0 Å². The lowest BCUT2D eigenvalue weighted by Gasteiger charge is -2.23. The molecule has 0 fully saturated rings. The van der Waals surface area contributed by atoms with E-state index in [9.17, 15) is 0 Å². The van der Waals surface area contributed by atoms with Gasteiger partial charge < -0.3 is 5.32 Å². The summed E-state index contributed by atoms with van der Waals surface area (Å²) in [5.41, 5.74) is 0. The Morgan fingerprint density at radius 1 is 1.45 bits per heavy atom. The molecular weight excluding hydrogens is 252 g/mol. The van der Waals surface area contributed by atoms with Crippen molar-refractivity contribution in [2.75, 3.05) is 6.54 Å². The molecule has 3 rings (SSSR count). The van der Waals surface area contributed by atoms with Crippen LogP contribution in [0.15, 0.2) is 18.5 Å². The van der Waals surface area contributed by atoms with E-state index in [0.29, 0.717) is 12.0 Å². The van der Waals surface area contributed by atoms with Crippen LogP contribution in [0.1, 0.15) is 37.8 Å². The third kappa shape index (κ3) is 2.90. The Labute approximate surface area is 119 Å². The summed E-state index contributed by atoms with van der Waals surface area (Å²) in [7, 11) is 0. The lowest BCUT2D eigenvalue weighted by molar-refractivity contribution is 0.351. The van der Waals surface area contributed by atoms with E-state index in [2.05, 4.69) is 39.0 Å². The van der Waals surface area contributed by atoms with Crippen LogP contribution >= 0.6 is 0 Å². The summed E-state index contributed by atoms with van der Waals surface area (Å²) in [4.78, 5) is 4.62. The minimum absolute atomic E-state index is 0.402. The van der Waals surface area contributed by atoms with Crippen molar-refractivity contribution in [3.05, 3.63) is 30.1 Å². The van der Waals surface area contributed by atoms with Gasteiger partial charge in [0.2, 0.25) is 0 Å². The Morgan fingerprint density at radius 3 is 3.10 bits per heavy atom. The number of nitrogens with one attached hydrogen (secondary N) is 1. The first-order valence-corrected chi connectivity index (χ1v) is 7.37. The van der Waals surface area contributed by atoms with Gasteiger partial charge in [-0.2, -0.15) is 10.2 Å². The monoisotopic (exact) mass is 274 g/mol. The second-order valence-corrected chi connectivity index (χ2v) is 5.68. The molecule has 2 aromatic heterocycles. The number of hydrogen-bond acceptors (Lipinski definition) is 4. The summed E-state index contributed by atoms with van der Waals surface area (Å²) in [6, 6.07) is 2.44. The zero-order valence-electron chi connectivity index (χ0n) is 12.2. The second-order valence-electron chi connectivity index (χ2n) is 5.68. The molecule has 2 aromatic rings. The molecule has 0 saturated heterocycles. The Bertz CT molecular complexity index is 542. The van der Waals surface area contributed by atoms with E-state index in [1.54, 1.807) is 0 Å². The lowest BCUT2D eigenvalue weighted by Crippen LogP contribution is -2.39. The van der Waals surface area contributed by atoms with Crippen LogP contribution in [0.25, 0.3) is 0 Å². The first kappa shape index (κ1) is 13.3. The van der Waals surface area contributed by atoms with E-state index >= 15 is 0 Å². The Hall–Kier alpha value is -1.69. The van der Waals surface area contributed by atoms with E-state index in [1.807, 2.05) is 23.1 Å². The summed E-state index contributed by atoms with van der Waals surface area (Å²) in [6.07, 6.45) is 5.96. The van der Waals surface area contributed by atoms with Gasteiger partial charge in [0.15, 0.2) is 5.82 Å². The molecule has 1 N–H and O–H groups in total. The van der Waals surface area contributed by atoms with E-state index in [1.165, 1.54) is 0 Å². The fourth-order valence-electron chi connectivity index (χ4n) is 2.56. The molecule has 0 saturated carbocycles. The predicted molar refractivity (Wildman–Crippen MR) is 76.4 cm³/mol. The average molecular weight is 274 g/mol. The van der Waals surface area contributed by atoms with Gasteiger partial charge in [0.1, 0.15) is 5.82 Å². The first-order chi connectivity index (χ1) is 9.72. The van der Waals surface area contributed by atoms with Crippen molar-refractivity contribution >= 4 is 0 Å². The molecule has 108 valence electrons. The number of aryl methyl sites for hydroxylation is 1. The summed E-state index contributed by atoms with van der Waals surface area (Å²) in [5.74, 6) is 2.51. The fraction of sp³-hybridized carbons (Fsp3) is 0.643. The van der Waals surface area contributed by atoms with Crippen molar-refractivity contribution < 1.29 is 0 Å². The third-order valence-electron chi connectivity index (χ3n) is 3.72. The topological polar surface area (TPSA) is 60.6 Å². The zero-order valence-corrected chi connectivity index (χ0v) is 12.2. The Kier molecular flexibility index (Phi) is 3.82. The minimum atomic E-state index is 0.402. The van der Waals surface area contributed by atoms with Crippen molar-refractivity contribution in [2.45, 2.75) is 51.7 Å². The fourth-order valence-corrected chi connectivity index (χ4v) is 2.56. The molecule has 0 aromatic carbocycles. The van der Waals surface area contributed by atoms with Crippen molar-refractivity contribution in [3.8, 4) is 0 Å². The van der Waals surface area contributed by atoms with Gasteiger partial charge in [0, 0.05) is 37.3 Å². The molecule has 0 aliphatic carbocycles. The van der Waals surface area contributed by atoms with Crippen LogP contribution in [0, 0.1) is 0 Å². The maximum atomic E-state index is 4.62. The molecule has 3 heterocycles. The highest BCUT2D eigenvalue weighted by Crippen LogP contribution is 2.16. The minimum Gasteiger partial charge on any atom is -0.310 e. The van der Waals surface area contributed by atoms with Gasteiger partial charge in [0.25, 0.3) is 0 Å². The van der Waals surface area contributed by atoms with Gasteiger partial charge in [-0.15, -0.1) is 0 Å². The smallest absolute Gasteiger partial charge is 0.153 e. The summed E-state index contributed by atoms with van der Waals surface area (Å²) >= 11 is 0. The van der Waals surface area contributed by atoms with E-state index in [0.717, 1.165) is 44.1 Å². The molecule has 0 bridgehead atoms. The summed E-state index contributed by atoms with van der Waals surface area (Å²) in [6.45, 7) is 7.05. The quantitative estimate of drug-likeness (QED) is 0.890. The van der Waals surface area contributed by atoms with Crippen LogP contribution in [0.2, 0.25) is 0 Å². The van der Waals surface area contributed by atoms with Crippen LogP contribution < -0.4 is 5.32 Å².